The number of urea groups is 1. The Morgan fingerprint density at radius 3 is 2.03 bits per heavy atom. The van der Waals surface area contributed by atoms with E-state index < -0.39 is 5.54 Å². The summed E-state index contributed by atoms with van der Waals surface area (Å²) >= 11 is 0. The van der Waals surface area contributed by atoms with E-state index >= 15 is 0 Å². The first-order chi connectivity index (χ1) is 18.0. The van der Waals surface area contributed by atoms with Crippen LogP contribution in [0, 0.1) is 0 Å². The molecule has 2 saturated heterocycles. The summed E-state index contributed by atoms with van der Waals surface area (Å²) in [4.78, 5) is 46.9. The van der Waals surface area contributed by atoms with Crippen LogP contribution in [0.5, 0.6) is 0 Å². The van der Waals surface area contributed by atoms with Gasteiger partial charge in [0.05, 0.1) is 6.67 Å². The molecule has 0 saturated carbocycles. The molecule has 2 fully saturated rings. The molecule has 2 aromatic carbocycles. The largest absolute Gasteiger partial charge is 0.347 e. The van der Waals surface area contributed by atoms with Gasteiger partial charge in [-0.15, -0.1) is 0 Å². The van der Waals surface area contributed by atoms with E-state index in [0.29, 0.717) is 32.6 Å². The Balaban J connectivity index is 1.55. The zero-order valence-corrected chi connectivity index (χ0v) is 23.5. The summed E-state index contributed by atoms with van der Waals surface area (Å²) in [5.74, 6) is 0.411. The van der Waals surface area contributed by atoms with E-state index in [-0.39, 0.29) is 36.2 Å². The number of anilines is 2. The third kappa shape index (κ3) is 5.22. The number of hydrogen-bond acceptors (Lipinski definition) is 4. The lowest BCUT2D eigenvalue weighted by Gasteiger charge is -2.43. The minimum Gasteiger partial charge on any atom is -0.347 e. The topological polar surface area (TPSA) is 76.2 Å². The van der Waals surface area contributed by atoms with E-state index in [4.69, 9.17) is 0 Å². The summed E-state index contributed by atoms with van der Waals surface area (Å²) in [6.45, 7) is 9.85. The van der Waals surface area contributed by atoms with Gasteiger partial charge < -0.3 is 24.9 Å². The summed E-state index contributed by atoms with van der Waals surface area (Å²) in [6.07, 6.45) is 1.01. The van der Waals surface area contributed by atoms with Crippen LogP contribution in [0.1, 0.15) is 63.5 Å². The van der Waals surface area contributed by atoms with Gasteiger partial charge in [-0.25, -0.2) is 4.79 Å². The predicted octanol–water partition coefficient (Wildman–Crippen LogP) is 4.69. The van der Waals surface area contributed by atoms with Crippen molar-refractivity contribution in [2.24, 2.45) is 0 Å². The Hall–Kier alpha value is -3.55. The van der Waals surface area contributed by atoms with Gasteiger partial charge >= 0.3 is 6.03 Å². The van der Waals surface area contributed by atoms with Gasteiger partial charge in [-0.05, 0) is 47.9 Å². The van der Waals surface area contributed by atoms with Crippen LogP contribution < -0.4 is 10.2 Å². The fraction of sp³-hybridized carbons (Fsp3) is 0.500. The molecular formula is C30H41N5O3. The molecule has 38 heavy (non-hydrogen) atoms. The van der Waals surface area contributed by atoms with Crippen LogP contribution in [0.15, 0.2) is 48.5 Å². The SMILES string of the molecule is CC(C)c1cccc(C(C)C)c1NC(=O)N1CCC2(CC1)C(=O)N(CC(=O)N(C)C)CN2c1ccccc1. The maximum absolute atomic E-state index is 13.8. The van der Waals surface area contributed by atoms with Crippen molar-refractivity contribution >= 4 is 29.2 Å². The van der Waals surface area contributed by atoms with E-state index in [0.717, 1.165) is 22.5 Å². The summed E-state index contributed by atoms with van der Waals surface area (Å²) in [5.41, 5.74) is 3.33. The highest BCUT2D eigenvalue weighted by Crippen LogP contribution is 2.40. The fourth-order valence-electron chi connectivity index (χ4n) is 5.59. The van der Waals surface area contributed by atoms with Gasteiger partial charge in [0, 0.05) is 38.6 Å². The first-order valence-corrected chi connectivity index (χ1v) is 13.6. The summed E-state index contributed by atoms with van der Waals surface area (Å²) < 4.78 is 0. The lowest BCUT2D eigenvalue weighted by molar-refractivity contribution is -0.139. The van der Waals surface area contributed by atoms with Crippen molar-refractivity contribution in [2.45, 2.75) is 57.9 Å². The molecule has 1 N–H and O–H groups in total. The van der Waals surface area contributed by atoms with E-state index in [1.807, 2.05) is 35.2 Å². The minimum absolute atomic E-state index is 0.0381. The number of likely N-dealkylation sites (tertiary alicyclic amines) is 1. The minimum atomic E-state index is -0.774. The van der Waals surface area contributed by atoms with Crippen molar-refractivity contribution in [1.29, 1.82) is 0 Å². The van der Waals surface area contributed by atoms with Crippen molar-refractivity contribution in [3.63, 3.8) is 0 Å². The van der Waals surface area contributed by atoms with Crippen LogP contribution in [0.4, 0.5) is 16.2 Å². The number of carbonyl (C=O) groups is 3. The lowest BCUT2D eigenvalue weighted by atomic mass is 9.85. The van der Waals surface area contributed by atoms with Crippen molar-refractivity contribution in [2.75, 3.05) is 50.6 Å². The highest BCUT2D eigenvalue weighted by molar-refractivity contribution is 5.97. The quantitative estimate of drug-likeness (QED) is 0.601. The van der Waals surface area contributed by atoms with Crippen LogP contribution in [0.2, 0.25) is 0 Å². The lowest BCUT2D eigenvalue weighted by Crippen LogP contribution is -2.58. The number of nitrogens with zero attached hydrogens (tertiary/aromatic N) is 4. The predicted molar refractivity (Wildman–Crippen MR) is 151 cm³/mol. The van der Waals surface area contributed by atoms with Crippen LogP contribution in [0.3, 0.4) is 0 Å². The van der Waals surface area contributed by atoms with Gasteiger partial charge in [0.25, 0.3) is 5.91 Å². The molecule has 0 unspecified atom stereocenters. The van der Waals surface area contributed by atoms with E-state index in [1.54, 1.807) is 19.0 Å². The molecule has 2 heterocycles. The summed E-state index contributed by atoms with van der Waals surface area (Å²) in [7, 11) is 3.40. The first-order valence-electron chi connectivity index (χ1n) is 13.6. The van der Waals surface area contributed by atoms with Crippen LogP contribution >= 0.6 is 0 Å². The standard InChI is InChI=1S/C30H41N5O3/c1-21(2)24-13-10-14-25(22(3)4)27(24)31-29(38)33-17-15-30(16-18-33)28(37)34(19-26(36)32(5)6)20-35(30)23-11-8-7-9-12-23/h7-14,21-22H,15-20H2,1-6H3,(H,31,38). The average molecular weight is 520 g/mol. The molecule has 8 heteroatoms. The van der Waals surface area contributed by atoms with E-state index in [1.165, 1.54) is 4.90 Å². The smallest absolute Gasteiger partial charge is 0.321 e. The summed E-state index contributed by atoms with van der Waals surface area (Å²) in [5, 5.41) is 3.22. The fourth-order valence-corrected chi connectivity index (χ4v) is 5.59. The first kappa shape index (κ1) is 27.5. The van der Waals surface area contributed by atoms with Crippen molar-refractivity contribution in [3.05, 3.63) is 59.7 Å². The number of carbonyl (C=O) groups excluding carboxylic acids is 3. The van der Waals surface area contributed by atoms with Crippen LogP contribution in [-0.2, 0) is 9.59 Å². The molecule has 0 atom stereocenters. The van der Waals surface area contributed by atoms with Crippen LogP contribution in [-0.4, -0.2) is 78.5 Å². The number of rotatable bonds is 6. The number of benzene rings is 2. The number of para-hydroxylation sites is 2. The highest BCUT2D eigenvalue weighted by atomic mass is 16.2. The molecule has 4 amide bonds. The van der Waals surface area contributed by atoms with Gasteiger partial charge in [0.1, 0.15) is 12.1 Å². The van der Waals surface area contributed by atoms with Gasteiger partial charge in [0.2, 0.25) is 5.91 Å². The maximum atomic E-state index is 13.8. The molecule has 0 aliphatic carbocycles. The maximum Gasteiger partial charge on any atom is 0.321 e. The molecule has 2 aromatic rings. The zero-order valence-electron chi connectivity index (χ0n) is 23.5. The second-order valence-corrected chi connectivity index (χ2v) is 11.3. The molecular weight excluding hydrogens is 478 g/mol. The Bertz CT molecular complexity index is 1140. The molecule has 0 aromatic heterocycles. The van der Waals surface area contributed by atoms with Gasteiger partial charge in [-0.3, -0.25) is 9.59 Å². The molecule has 2 aliphatic rings. The molecule has 1 spiro atoms. The number of hydrogen-bond donors (Lipinski definition) is 1. The third-order valence-corrected chi connectivity index (χ3v) is 7.89. The number of nitrogens with one attached hydrogen (secondary N) is 1. The highest BCUT2D eigenvalue weighted by Gasteiger charge is 2.54. The second-order valence-electron chi connectivity index (χ2n) is 11.3. The molecule has 0 bridgehead atoms. The molecule has 204 valence electrons. The molecule has 2 aliphatic heterocycles. The van der Waals surface area contributed by atoms with Gasteiger partial charge in [0.15, 0.2) is 0 Å². The van der Waals surface area contributed by atoms with Crippen LogP contribution in [0.25, 0.3) is 0 Å². The Kier molecular flexibility index (Phi) is 7.99. The third-order valence-electron chi connectivity index (χ3n) is 7.89. The Morgan fingerprint density at radius 1 is 0.921 bits per heavy atom. The second kappa shape index (κ2) is 11.1. The monoisotopic (exact) mass is 519 g/mol. The Morgan fingerprint density at radius 2 is 1.50 bits per heavy atom. The Labute approximate surface area is 226 Å². The van der Waals surface area contributed by atoms with Gasteiger partial charge in [-0.1, -0.05) is 64.1 Å². The van der Waals surface area contributed by atoms with Crippen molar-refractivity contribution in [3.8, 4) is 0 Å². The summed E-state index contributed by atoms with van der Waals surface area (Å²) in [6, 6.07) is 16.0. The van der Waals surface area contributed by atoms with E-state index in [2.05, 4.69) is 56.1 Å². The van der Waals surface area contributed by atoms with E-state index in [9.17, 15) is 14.4 Å². The number of piperidine rings is 1. The number of likely N-dealkylation sites (N-methyl/N-ethyl adjacent to an activating group) is 1. The average Bonchev–Trinajstić information content (AvgIpc) is 3.15. The van der Waals surface area contributed by atoms with Crippen molar-refractivity contribution < 1.29 is 14.4 Å². The number of amides is 4. The molecule has 0 radical (unpaired) electrons. The zero-order chi connectivity index (χ0) is 27.6. The van der Waals surface area contributed by atoms with Crippen molar-refractivity contribution in [1.82, 2.24) is 14.7 Å². The van der Waals surface area contributed by atoms with Gasteiger partial charge in [-0.2, -0.15) is 0 Å². The normalized spacial score (nSPS) is 17.1. The molecule has 8 nitrogen and oxygen atoms in total. The molecule has 4 rings (SSSR count).